The van der Waals surface area contributed by atoms with E-state index in [2.05, 4.69) is 30.3 Å². The first-order valence-electron chi connectivity index (χ1n) is 13.9. The summed E-state index contributed by atoms with van der Waals surface area (Å²) in [6.07, 6.45) is 4.57. The predicted octanol–water partition coefficient (Wildman–Crippen LogP) is 6.40. The van der Waals surface area contributed by atoms with Gasteiger partial charge in [0.2, 0.25) is 11.8 Å². The molecule has 1 aromatic carbocycles. The Bertz CT molecular complexity index is 1460. The van der Waals surface area contributed by atoms with Gasteiger partial charge in [0, 0.05) is 18.6 Å². The number of aryl methyl sites for hydroxylation is 1. The first-order chi connectivity index (χ1) is 20.7. The Morgan fingerprint density at radius 1 is 0.930 bits per heavy atom. The molecule has 0 aliphatic carbocycles. The van der Waals surface area contributed by atoms with Crippen molar-refractivity contribution in [3.05, 3.63) is 94.4 Å². The summed E-state index contributed by atoms with van der Waals surface area (Å²) < 4.78 is 41.5. The first kappa shape index (κ1) is 31.7. The number of ether oxygens (including phenoxy) is 1. The van der Waals surface area contributed by atoms with Gasteiger partial charge in [0.1, 0.15) is 11.6 Å². The maximum Gasteiger partial charge on any atom is 0.573 e. The minimum absolute atomic E-state index is 0.0795. The van der Waals surface area contributed by atoms with Crippen molar-refractivity contribution in [3.8, 4) is 5.75 Å². The number of aromatic nitrogens is 2. The van der Waals surface area contributed by atoms with Crippen molar-refractivity contribution in [3.63, 3.8) is 0 Å². The van der Waals surface area contributed by atoms with Crippen molar-refractivity contribution in [1.29, 1.82) is 0 Å². The molecule has 2 aromatic heterocycles. The van der Waals surface area contributed by atoms with E-state index < -0.39 is 6.36 Å². The van der Waals surface area contributed by atoms with E-state index in [-0.39, 0.29) is 30.4 Å². The zero-order chi connectivity index (χ0) is 30.7. The van der Waals surface area contributed by atoms with Crippen LogP contribution in [0.15, 0.2) is 82.7 Å². The van der Waals surface area contributed by atoms with Gasteiger partial charge in [-0.1, -0.05) is 36.9 Å². The fourth-order valence-electron chi connectivity index (χ4n) is 4.33. The highest BCUT2D eigenvalue weighted by Crippen LogP contribution is 2.29. The van der Waals surface area contributed by atoms with Crippen LogP contribution in [0.5, 0.6) is 5.75 Å². The molecule has 0 atom stereocenters. The maximum absolute atomic E-state index is 12.7. The van der Waals surface area contributed by atoms with Crippen LogP contribution in [0.1, 0.15) is 49.3 Å². The number of anilines is 1. The van der Waals surface area contributed by atoms with E-state index >= 15 is 0 Å². The van der Waals surface area contributed by atoms with Gasteiger partial charge in [0.05, 0.1) is 29.5 Å². The van der Waals surface area contributed by atoms with Gasteiger partial charge < -0.3 is 15.4 Å². The number of rotatable bonds is 13. The quantitative estimate of drug-likeness (QED) is 0.217. The number of nitrogens with one attached hydrogen (secondary N) is 2. The fourth-order valence-corrected chi connectivity index (χ4v) is 5.46. The minimum atomic E-state index is -4.79. The molecule has 3 aromatic rings. The van der Waals surface area contributed by atoms with Crippen molar-refractivity contribution in [2.45, 2.75) is 58.2 Å². The highest BCUT2D eigenvalue weighted by molar-refractivity contribution is 8.17. The monoisotopic (exact) mass is 611 g/mol. The number of unbranched alkanes of at least 4 members (excludes halogenated alkanes) is 1. The topological polar surface area (TPSA) is 106 Å². The van der Waals surface area contributed by atoms with Crippen LogP contribution in [0.25, 0.3) is 0 Å². The number of carbonyl (C=O) groups is 2. The molecule has 8 nitrogen and oxygen atoms in total. The molecule has 1 aliphatic heterocycles. The Morgan fingerprint density at radius 3 is 2.40 bits per heavy atom. The smallest absolute Gasteiger partial charge is 0.406 e. The number of nitrogens with zero attached hydrogens (tertiary/aromatic N) is 3. The second-order valence-corrected chi connectivity index (χ2v) is 10.9. The molecule has 0 unspecified atom stereocenters. The molecule has 0 saturated heterocycles. The Balaban J connectivity index is 1.19. The van der Waals surface area contributed by atoms with Gasteiger partial charge in [0.25, 0.3) is 0 Å². The zero-order valence-corrected chi connectivity index (χ0v) is 24.4. The SMILES string of the molecule is CCC1=C(NC(=O)Cc2cccc(OC(F)(F)F)c2)SC(CCCCc2ccc(NC(=O)Cc3ccncc3)nc2)=NC1. The Labute approximate surface area is 252 Å². The highest BCUT2D eigenvalue weighted by atomic mass is 32.2. The molecule has 0 spiro atoms. The number of thioether (sulfide) groups is 1. The normalized spacial score (nSPS) is 13.3. The molecule has 0 saturated carbocycles. The summed E-state index contributed by atoms with van der Waals surface area (Å²) in [6, 6.07) is 12.8. The number of pyridine rings is 2. The average molecular weight is 612 g/mol. The third-order valence-corrected chi connectivity index (χ3v) is 7.64. The van der Waals surface area contributed by atoms with Crippen molar-refractivity contribution in [1.82, 2.24) is 15.3 Å². The highest BCUT2D eigenvalue weighted by Gasteiger charge is 2.31. The lowest BCUT2D eigenvalue weighted by Gasteiger charge is -2.20. The third-order valence-electron chi connectivity index (χ3n) is 6.48. The van der Waals surface area contributed by atoms with Gasteiger partial charge in [-0.3, -0.25) is 19.6 Å². The van der Waals surface area contributed by atoms with Crippen molar-refractivity contribution in [2.24, 2.45) is 4.99 Å². The third kappa shape index (κ3) is 10.9. The van der Waals surface area contributed by atoms with Crippen LogP contribution in [0.4, 0.5) is 19.0 Å². The summed E-state index contributed by atoms with van der Waals surface area (Å²) in [4.78, 5) is 38.0. The van der Waals surface area contributed by atoms with Gasteiger partial charge in [-0.2, -0.15) is 0 Å². The molecular weight excluding hydrogens is 579 g/mol. The number of amides is 2. The molecule has 3 heterocycles. The van der Waals surface area contributed by atoms with E-state index in [0.29, 0.717) is 17.9 Å². The summed E-state index contributed by atoms with van der Waals surface area (Å²) in [6.45, 7) is 2.49. The number of halogens is 3. The molecule has 0 bridgehead atoms. The minimum Gasteiger partial charge on any atom is -0.406 e. The molecule has 43 heavy (non-hydrogen) atoms. The van der Waals surface area contributed by atoms with Crippen molar-refractivity contribution < 1.29 is 27.5 Å². The number of benzene rings is 1. The Hall–Kier alpha value is -4.19. The lowest BCUT2D eigenvalue weighted by Crippen LogP contribution is -2.27. The molecular formula is C31H32F3N5O3S. The number of carbonyl (C=O) groups excluding carboxylic acids is 2. The van der Waals surface area contributed by atoms with Gasteiger partial charge in [-0.05, 0) is 84.7 Å². The molecule has 0 radical (unpaired) electrons. The van der Waals surface area contributed by atoms with Crippen molar-refractivity contribution >= 4 is 34.4 Å². The van der Waals surface area contributed by atoms with Crippen LogP contribution in [-0.4, -0.2) is 39.7 Å². The van der Waals surface area contributed by atoms with E-state index in [0.717, 1.165) is 58.9 Å². The molecule has 4 rings (SSSR count). The number of aliphatic imine (C=N–C) groups is 1. The van der Waals surface area contributed by atoms with Crippen LogP contribution in [-0.2, 0) is 28.9 Å². The summed E-state index contributed by atoms with van der Waals surface area (Å²) in [7, 11) is 0. The predicted molar refractivity (Wildman–Crippen MR) is 161 cm³/mol. The molecule has 1 aliphatic rings. The van der Waals surface area contributed by atoms with Gasteiger partial charge in [0.15, 0.2) is 0 Å². The number of hydrogen-bond acceptors (Lipinski definition) is 7. The summed E-state index contributed by atoms with van der Waals surface area (Å²) in [5, 5.41) is 7.41. The van der Waals surface area contributed by atoms with Crippen molar-refractivity contribution in [2.75, 3.05) is 11.9 Å². The second kappa shape index (κ2) is 15.3. The standard InChI is InChI=1S/C31H32F3N5O3S/c1-2-24-20-37-29(43-30(24)39-28(41)18-23-7-5-8-25(16-23)42-31(32,33)34)9-4-3-6-22-10-11-26(36-19-22)38-27(40)17-21-12-14-35-15-13-21/h5,7-8,10-16,19H,2-4,6,9,17-18,20H2,1H3,(H,39,41)(H,36,38,40). The zero-order valence-electron chi connectivity index (χ0n) is 23.6. The van der Waals surface area contributed by atoms with Gasteiger partial charge >= 0.3 is 6.36 Å². The number of hydrogen-bond donors (Lipinski definition) is 2. The number of alkyl halides is 3. The fraction of sp³-hybridized carbons (Fsp3) is 0.323. The van der Waals surface area contributed by atoms with Crippen LogP contribution >= 0.6 is 11.8 Å². The summed E-state index contributed by atoms with van der Waals surface area (Å²) in [5.74, 6) is -0.310. The van der Waals surface area contributed by atoms with Crippen LogP contribution in [0, 0.1) is 0 Å². The van der Waals surface area contributed by atoms with E-state index in [1.165, 1.54) is 30.0 Å². The Kier molecular flexibility index (Phi) is 11.3. The van der Waals surface area contributed by atoms with E-state index in [1.54, 1.807) is 42.9 Å². The summed E-state index contributed by atoms with van der Waals surface area (Å²) in [5.41, 5.74) is 3.37. The lowest BCUT2D eigenvalue weighted by molar-refractivity contribution is -0.274. The second-order valence-electron chi connectivity index (χ2n) is 9.86. The molecule has 2 N–H and O–H groups in total. The summed E-state index contributed by atoms with van der Waals surface area (Å²) >= 11 is 1.44. The van der Waals surface area contributed by atoms with E-state index in [4.69, 9.17) is 0 Å². The molecule has 226 valence electrons. The van der Waals surface area contributed by atoms with Gasteiger partial charge in [-0.15, -0.1) is 13.2 Å². The van der Waals surface area contributed by atoms with Crippen LogP contribution < -0.4 is 15.4 Å². The van der Waals surface area contributed by atoms with Gasteiger partial charge in [-0.25, -0.2) is 4.98 Å². The van der Waals surface area contributed by atoms with E-state index in [1.807, 2.05) is 13.0 Å². The maximum atomic E-state index is 12.7. The van der Waals surface area contributed by atoms with E-state index in [9.17, 15) is 22.8 Å². The first-order valence-corrected chi connectivity index (χ1v) is 14.7. The Morgan fingerprint density at radius 2 is 1.67 bits per heavy atom. The van der Waals surface area contributed by atoms with Crippen LogP contribution in [0.3, 0.4) is 0 Å². The average Bonchev–Trinajstić information content (AvgIpc) is 2.96. The lowest BCUT2D eigenvalue weighted by atomic mass is 10.1. The molecule has 2 amide bonds. The largest absolute Gasteiger partial charge is 0.573 e. The molecule has 12 heteroatoms. The molecule has 0 fully saturated rings. The van der Waals surface area contributed by atoms with Crippen LogP contribution in [0.2, 0.25) is 0 Å².